The van der Waals surface area contributed by atoms with Crippen LogP contribution in [0.15, 0.2) is 60.7 Å². The molecule has 4 aromatic rings. The lowest BCUT2D eigenvalue weighted by atomic mass is 9.82. The first-order chi connectivity index (χ1) is 24.1. The minimum absolute atomic E-state index is 0.0821. The number of carbonyl (C=O) groups is 4. The summed E-state index contributed by atoms with van der Waals surface area (Å²) in [5.74, 6) is -1.52. The summed E-state index contributed by atoms with van der Waals surface area (Å²) in [4.78, 5) is 55.6. The zero-order valence-corrected chi connectivity index (χ0v) is 28.1. The summed E-state index contributed by atoms with van der Waals surface area (Å²) in [6, 6.07) is 15.4. The van der Waals surface area contributed by atoms with Gasteiger partial charge < -0.3 is 34.9 Å². The van der Waals surface area contributed by atoms with E-state index in [4.69, 9.17) is 24.7 Å². The second-order valence-electron chi connectivity index (χ2n) is 12.7. The highest BCUT2D eigenvalue weighted by Gasteiger charge is 2.34. The van der Waals surface area contributed by atoms with Crippen molar-refractivity contribution in [3.05, 3.63) is 66.2 Å². The van der Waals surface area contributed by atoms with Gasteiger partial charge in [0, 0.05) is 6.42 Å². The number of benzene rings is 3. The molecule has 13 heteroatoms. The molecular weight excluding hydrogens is 664 g/mol. The summed E-state index contributed by atoms with van der Waals surface area (Å²) in [5.41, 5.74) is 7.37. The molecule has 2 aliphatic rings. The van der Waals surface area contributed by atoms with Gasteiger partial charge in [-0.15, -0.1) is 0 Å². The van der Waals surface area contributed by atoms with Gasteiger partial charge in [0.2, 0.25) is 0 Å². The highest BCUT2D eigenvalue weighted by atomic mass is 32.1. The molecule has 0 unspecified atom stereocenters. The molecule has 50 heavy (non-hydrogen) atoms. The number of nitrogens with two attached hydrogens (primary N) is 1. The molecule has 0 aliphatic heterocycles. The van der Waals surface area contributed by atoms with E-state index in [-0.39, 0.29) is 59.7 Å². The van der Waals surface area contributed by atoms with E-state index >= 15 is 0 Å². The van der Waals surface area contributed by atoms with E-state index in [1.54, 1.807) is 6.07 Å². The van der Waals surface area contributed by atoms with Gasteiger partial charge in [0.05, 0.1) is 35.0 Å². The Bertz CT molecular complexity index is 1840. The lowest BCUT2D eigenvalue weighted by molar-refractivity contribution is -0.152. The molecule has 1 aromatic heterocycles. The number of aromatic nitrogens is 1. The molecule has 2 saturated carbocycles. The van der Waals surface area contributed by atoms with Gasteiger partial charge in [0.15, 0.2) is 10.9 Å². The van der Waals surface area contributed by atoms with Crippen LogP contribution in [0.1, 0.15) is 56.9 Å². The van der Waals surface area contributed by atoms with E-state index in [0.29, 0.717) is 85.7 Å². The van der Waals surface area contributed by atoms with Gasteiger partial charge in [-0.25, -0.2) is 4.98 Å². The Morgan fingerprint density at radius 3 is 1.56 bits per heavy atom. The number of carbonyl (C=O) groups excluding carboxylic acids is 4. The first-order valence-corrected chi connectivity index (χ1v) is 17.5. The van der Waals surface area contributed by atoms with Crippen molar-refractivity contribution in [3.63, 3.8) is 0 Å². The van der Waals surface area contributed by atoms with Crippen LogP contribution in [0.2, 0.25) is 0 Å². The number of phenols is 2. The van der Waals surface area contributed by atoms with E-state index in [1.807, 2.05) is 6.07 Å². The molecule has 6 rings (SSSR count). The zero-order valence-electron chi connectivity index (χ0n) is 27.2. The van der Waals surface area contributed by atoms with Crippen LogP contribution in [0.3, 0.4) is 0 Å². The lowest BCUT2D eigenvalue weighted by Gasteiger charge is -2.26. The molecule has 12 nitrogen and oxygen atoms in total. The van der Waals surface area contributed by atoms with Crippen LogP contribution < -0.4 is 19.9 Å². The number of esters is 4. The average Bonchev–Trinajstić information content (AvgIpc) is 3.53. The highest BCUT2D eigenvalue weighted by Crippen LogP contribution is 2.37. The average molecular weight is 703 g/mol. The molecule has 0 spiro atoms. The Labute approximate surface area is 292 Å². The lowest BCUT2D eigenvalue weighted by Crippen LogP contribution is -2.30. The number of fused-ring (bicyclic) bond motifs is 1. The summed E-state index contributed by atoms with van der Waals surface area (Å²) in [7, 11) is 0. The quantitative estimate of drug-likeness (QED) is 0.128. The van der Waals surface area contributed by atoms with Crippen molar-refractivity contribution in [2.45, 2.75) is 57.8 Å². The fourth-order valence-corrected chi connectivity index (χ4v) is 7.35. The monoisotopic (exact) mass is 702 g/mol. The standard InChI is InChI=1S/C37H38N2O10S/c38-37-39-31-30(49-36(45)25-7-5-24(6-8-25)35(44)48-29-16-12-27(41)13-17-29)18-9-21(32(31)50-37)19-20-46-33(42)22-1-3-23(4-2-22)34(43)47-28-14-10-26(40)11-15-28/h9-18,22-25,40-41H,1-8,19-20H2,(H2,38,39). The van der Waals surface area contributed by atoms with E-state index in [1.165, 1.54) is 59.9 Å². The predicted molar refractivity (Wildman–Crippen MR) is 183 cm³/mol. The SMILES string of the molecule is Nc1nc2c(OC(=O)C3CCC(C(=O)Oc4ccc(O)cc4)CC3)ccc(CCOC(=O)C3CCC(C(=O)Oc4ccc(O)cc4)CC3)c2s1. The maximum Gasteiger partial charge on any atom is 0.314 e. The van der Waals surface area contributed by atoms with Crippen molar-refractivity contribution < 1.29 is 48.3 Å². The fourth-order valence-electron chi connectivity index (χ4n) is 6.46. The molecule has 1 heterocycles. The van der Waals surface area contributed by atoms with Gasteiger partial charge in [-0.2, -0.15) is 0 Å². The van der Waals surface area contributed by atoms with Gasteiger partial charge in [-0.1, -0.05) is 17.4 Å². The van der Waals surface area contributed by atoms with E-state index in [2.05, 4.69) is 4.98 Å². The molecule has 3 aromatic carbocycles. The minimum atomic E-state index is -0.395. The van der Waals surface area contributed by atoms with Crippen LogP contribution in [-0.4, -0.2) is 45.7 Å². The number of hydrogen-bond donors (Lipinski definition) is 3. The molecule has 0 saturated heterocycles. The van der Waals surface area contributed by atoms with Crippen LogP contribution in [-0.2, 0) is 30.3 Å². The number of anilines is 1. The molecule has 262 valence electrons. The zero-order chi connectivity index (χ0) is 35.2. The Hall–Kier alpha value is -5.17. The fraction of sp³-hybridized carbons (Fsp3) is 0.378. The molecule has 0 radical (unpaired) electrons. The minimum Gasteiger partial charge on any atom is -0.508 e. The third-order valence-corrected chi connectivity index (χ3v) is 10.3. The van der Waals surface area contributed by atoms with Crippen molar-refractivity contribution >= 4 is 50.6 Å². The van der Waals surface area contributed by atoms with Crippen LogP contribution in [0, 0.1) is 23.7 Å². The summed E-state index contributed by atoms with van der Waals surface area (Å²) >= 11 is 1.26. The normalized spacial score (nSPS) is 20.5. The van der Waals surface area contributed by atoms with Gasteiger partial charge in [0.25, 0.3) is 0 Å². The third-order valence-electron chi connectivity index (χ3n) is 9.33. The molecule has 0 amide bonds. The topological polar surface area (TPSA) is 185 Å². The second-order valence-corrected chi connectivity index (χ2v) is 13.7. The number of hydrogen-bond acceptors (Lipinski definition) is 13. The van der Waals surface area contributed by atoms with Gasteiger partial charge >= 0.3 is 23.9 Å². The van der Waals surface area contributed by atoms with Crippen LogP contribution in [0.5, 0.6) is 28.7 Å². The Kier molecular flexibility index (Phi) is 10.8. The smallest absolute Gasteiger partial charge is 0.314 e. The van der Waals surface area contributed by atoms with Crippen molar-refractivity contribution in [2.24, 2.45) is 23.7 Å². The number of phenolic OH excluding ortho intramolecular Hbond substituents is 2. The van der Waals surface area contributed by atoms with Crippen LogP contribution in [0.25, 0.3) is 10.2 Å². The Balaban J connectivity index is 0.960. The molecule has 2 fully saturated rings. The molecule has 4 N–H and O–H groups in total. The molecule has 0 bridgehead atoms. The van der Waals surface area contributed by atoms with Gasteiger partial charge in [-0.05, 0) is 112 Å². The van der Waals surface area contributed by atoms with Gasteiger partial charge in [0.1, 0.15) is 28.5 Å². The third kappa shape index (κ3) is 8.51. The van der Waals surface area contributed by atoms with Crippen LogP contribution >= 0.6 is 11.3 Å². The first-order valence-electron chi connectivity index (χ1n) is 16.7. The number of nitrogens with zero attached hydrogens (tertiary/aromatic N) is 1. The summed E-state index contributed by atoms with van der Waals surface area (Å²) in [6.45, 7) is 0.145. The summed E-state index contributed by atoms with van der Waals surface area (Å²) in [5, 5.41) is 19.1. The van der Waals surface area contributed by atoms with Gasteiger partial charge in [-0.3, -0.25) is 19.2 Å². The maximum atomic E-state index is 13.1. The molecule has 2 aliphatic carbocycles. The van der Waals surface area contributed by atoms with E-state index in [0.717, 1.165) is 10.3 Å². The van der Waals surface area contributed by atoms with Crippen molar-refractivity contribution in [2.75, 3.05) is 12.3 Å². The number of nitrogen functional groups attached to an aromatic ring is 1. The van der Waals surface area contributed by atoms with Crippen molar-refractivity contribution in [1.29, 1.82) is 0 Å². The Morgan fingerprint density at radius 2 is 1.08 bits per heavy atom. The summed E-state index contributed by atoms with van der Waals surface area (Å²) < 4.78 is 23.0. The molecule has 0 atom stereocenters. The number of thiazole rings is 1. The number of rotatable bonds is 10. The van der Waals surface area contributed by atoms with E-state index < -0.39 is 5.97 Å². The Morgan fingerprint density at radius 1 is 0.640 bits per heavy atom. The van der Waals surface area contributed by atoms with E-state index in [9.17, 15) is 29.4 Å². The number of ether oxygens (including phenoxy) is 4. The molecular formula is C37H38N2O10S. The predicted octanol–water partition coefficient (Wildman–Crippen LogP) is 6.10. The van der Waals surface area contributed by atoms with Crippen LogP contribution in [0.4, 0.5) is 5.13 Å². The highest BCUT2D eigenvalue weighted by molar-refractivity contribution is 7.22. The number of aromatic hydroxyl groups is 2. The maximum absolute atomic E-state index is 13.1. The largest absolute Gasteiger partial charge is 0.508 e. The summed E-state index contributed by atoms with van der Waals surface area (Å²) in [6.07, 6.45) is 4.43. The van der Waals surface area contributed by atoms with Crippen molar-refractivity contribution in [3.8, 4) is 28.7 Å². The second kappa shape index (κ2) is 15.6. The first kappa shape index (κ1) is 34.7. The van der Waals surface area contributed by atoms with Crippen molar-refractivity contribution in [1.82, 2.24) is 4.98 Å².